The molecule has 0 saturated heterocycles. The van der Waals surface area contributed by atoms with Gasteiger partial charge >= 0.3 is 0 Å². The number of likely N-dealkylation sites (N-methyl/N-ethyl adjacent to an activating group) is 1. The minimum absolute atomic E-state index is 0.532. The maximum absolute atomic E-state index is 3.50. The van der Waals surface area contributed by atoms with E-state index in [2.05, 4.69) is 50.9 Å². The van der Waals surface area contributed by atoms with Gasteiger partial charge in [0.25, 0.3) is 0 Å². The van der Waals surface area contributed by atoms with E-state index in [-0.39, 0.29) is 0 Å². The van der Waals surface area contributed by atoms with Crippen LogP contribution in [0.2, 0.25) is 0 Å². The second-order valence-electron chi connectivity index (χ2n) is 3.68. The Morgan fingerprint density at radius 1 is 1.25 bits per heavy atom. The van der Waals surface area contributed by atoms with Crippen molar-refractivity contribution >= 4 is 38.6 Å². The molecular weight excluding hydrogens is 302 g/mol. The number of rotatable bonds is 5. The molecule has 1 N–H and O–H groups in total. The number of thiophene rings is 2. The fraction of sp³-hybridized carbons (Fsp3) is 0.333. The third kappa shape index (κ3) is 3.42. The van der Waals surface area contributed by atoms with Crippen LogP contribution in [0.3, 0.4) is 0 Å². The summed E-state index contributed by atoms with van der Waals surface area (Å²) in [6, 6.07) is 9.18. The van der Waals surface area contributed by atoms with Crippen molar-refractivity contribution in [2.24, 2.45) is 0 Å². The van der Waals surface area contributed by atoms with E-state index in [1.807, 2.05) is 29.7 Å². The molecule has 0 aliphatic carbocycles. The third-order valence-corrected chi connectivity index (χ3v) is 5.06. The second kappa shape index (κ2) is 5.96. The van der Waals surface area contributed by atoms with Crippen LogP contribution in [0.1, 0.15) is 9.75 Å². The lowest BCUT2D eigenvalue weighted by Crippen LogP contribution is -2.29. The van der Waals surface area contributed by atoms with Gasteiger partial charge in [-0.15, -0.1) is 22.7 Å². The van der Waals surface area contributed by atoms with Gasteiger partial charge in [0.05, 0.1) is 3.79 Å². The first-order valence-corrected chi connectivity index (χ1v) is 7.70. The van der Waals surface area contributed by atoms with Crippen LogP contribution in [0, 0.1) is 0 Å². The fourth-order valence-corrected chi connectivity index (χ4v) is 4.00. The van der Waals surface area contributed by atoms with Gasteiger partial charge in [0.1, 0.15) is 0 Å². The largest absolute Gasteiger partial charge is 0.316 e. The number of hydrogen-bond donors (Lipinski definition) is 1. The molecular formula is C12H14BrNS2. The Morgan fingerprint density at radius 3 is 2.62 bits per heavy atom. The Labute approximate surface area is 113 Å². The molecule has 0 aliphatic rings. The maximum atomic E-state index is 3.50. The van der Waals surface area contributed by atoms with E-state index in [0.29, 0.717) is 6.04 Å². The van der Waals surface area contributed by atoms with Crippen LogP contribution in [-0.2, 0) is 12.8 Å². The first-order valence-electron chi connectivity index (χ1n) is 5.22. The molecule has 0 spiro atoms. The Balaban J connectivity index is 1.95. The highest BCUT2D eigenvalue weighted by Gasteiger charge is 2.10. The zero-order valence-corrected chi connectivity index (χ0v) is 12.3. The molecule has 0 saturated carbocycles. The quantitative estimate of drug-likeness (QED) is 0.881. The predicted molar refractivity (Wildman–Crippen MR) is 76.6 cm³/mol. The topological polar surface area (TPSA) is 12.0 Å². The standard InChI is InChI=1S/C12H14BrNS2/c1-14-9(7-10-3-2-6-15-10)8-11-4-5-12(13)16-11/h2-6,9,14H,7-8H2,1H3. The summed E-state index contributed by atoms with van der Waals surface area (Å²) in [5.41, 5.74) is 0. The summed E-state index contributed by atoms with van der Waals surface area (Å²) in [4.78, 5) is 2.89. The summed E-state index contributed by atoms with van der Waals surface area (Å²) in [6.07, 6.45) is 2.22. The van der Waals surface area contributed by atoms with Crippen LogP contribution in [0.5, 0.6) is 0 Å². The summed E-state index contributed by atoms with van der Waals surface area (Å²) in [6.45, 7) is 0. The monoisotopic (exact) mass is 315 g/mol. The maximum Gasteiger partial charge on any atom is 0.0701 e. The first-order chi connectivity index (χ1) is 7.78. The molecule has 0 amide bonds. The minimum Gasteiger partial charge on any atom is -0.316 e. The van der Waals surface area contributed by atoms with Crippen LogP contribution < -0.4 is 5.32 Å². The van der Waals surface area contributed by atoms with Crippen LogP contribution in [-0.4, -0.2) is 13.1 Å². The molecule has 0 radical (unpaired) electrons. The first kappa shape index (κ1) is 12.3. The SMILES string of the molecule is CNC(Cc1cccs1)Cc1ccc(Br)s1. The van der Waals surface area contributed by atoms with E-state index in [1.54, 1.807) is 0 Å². The molecule has 2 rings (SSSR count). The van der Waals surface area contributed by atoms with Crippen molar-refractivity contribution in [3.05, 3.63) is 43.2 Å². The van der Waals surface area contributed by atoms with Gasteiger partial charge in [-0.1, -0.05) is 6.07 Å². The van der Waals surface area contributed by atoms with Crippen molar-refractivity contribution in [2.45, 2.75) is 18.9 Å². The van der Waals surface area contributed by atoms with Crippen molar-refractivity contribution in [2.75, 3.05) is 7.05 Å². The van der Waals surface area contributed by atoms with E-state index in [1.165, 1.54) is 13.5 Å². The molecule has 2 aromatic rings. The van der Waals surface area contributed by atoms with Crippen molar-refractivity contribution in [3.8, 4) is 0 Å². The molecule has 2 aromatic heterocycles. The summed E-state index contributed by atoms with van der Waals surface area (Å²) in [5, 5.41) is 5.54. The molecule has 1 atom stereocenters. The lowest BCUT2D eigenvalue weighted by Gasteiger charge is -2.13. The van der Waals surface area contributed by atoms with Gasteiger partial charge < -0.3 is 5.32 Å². The van der Waals surface area contributed by atoms with Gasteiger partial charge in [0, 0.05) is 15.8 Å². The van der Waals surface area contributed by atoms with Crippen molar-refractivity contribution in [3.63, 3.8) is 0 Å². The van der Waals surface area contributed by atoms with Gasteiger partial charge in [0.2, 0.25) is 0 Å². The molecule has 16 heavy (non-hydrogen) atoms. The Kier molecular flexibility index (Phi) is 4.58. The van der Waals surface area contributed by atoms with Crippen molar-refractivity contribution < 1.29 is 0 Å². The molecule has 0 fully saturated rings. The third-order valence-electron chi connectivity index (χ3n) is 2.51. The fourth-order valence-electron chi connectivity index (χ4n) is 1.65. The van der Waals surface area contributed by atoms with Crippen LogP contribution in [0.15, 0.2) is 33.4 Å². The normalized spacial score (nSPS) is 12.9. The molecule has 0 bridgehead atoms. The smallest absolute Gasteiger partial charge is 0.0701 e. The summed E-state index contributed by atoms with van der Waals surface area (Å²) in [5.74, 6) is 0. The predicted octanol–water partition coefficient (Wildman–Crippen LogP) is 3.95. The van der Waals surface area contributed by atoms with Gasteiger partial charge in [-0.2, -0.15) is 0 Å². The Bertz CT molecular complexity index is 422. The summed E-state index contributed by atoms with van der Waals surface area (Å²) in [7, 11) is 2.04. The molecule has 1 unspecified atom stereocenters. The zero-order chi connectivity index (χ0) is 11.4. The highest BCUT2D eigenvalue weighted by atomic mass is 79.9. The van der Waals surface area contributed by atoms with Crippen LogP contribution in [0.4, 0.5) is 0 Å². The van der Waals surface area contributed by atoms with Gasteiger partial charge in [-0.05, 0) is 59.4 Å². The Morgan fingerprint density at radius 2 is 2.06 bits per heavy atom. The van der Waals surface area contributed by atoms with E-state index in [9.17, 15) is 0 Å². The number of hydrogen-bond acceptors (Lipinski definition) is 3. The lowest BCUT2D eigenvalue weighted by atomic mass is 10.1. The Hall–Kier alpha value is -0.160. The van der Waals surface area contributed by atoms with Crippen LogP contribution >= 0.6 is 38.6 Å². The van der Waals surface area contributed by atoms with Gasteiger partial charge in [0.15, 0.2) is 0 Å². The van der Waals surface area contributed by atoms with Gasteiger partial charge in [-0.3, -0.25) is 0 Å². The van der Waals surface area contributed by atoms with Crippen LogP contribution in [0.25, 0.3) is 0 Å². The highest BCUT2D eigenvalue weighted by Crippen LogP contribution is 2.24. The summed E-state index contributed by atoms with van der Waals surface area (Å²) >= 11 is 7.17. The van der Waals surface area contributed by atoms with Gasteiger partial charge in [-0.25, -0.2) is 0 Å². The van der Waals surface area contributed by atoms with Crippen molar-refractivity contribution in [1.82, 2.24) is 5.32 Å². The van der Waals surface area contributed by atoms with E-state index >= 15 is 0 Å². The average molecular weight is 316 g/mol. The van der Waals surface area contributed by atoms with E-state index in [0.717, 1.165) is 12.8 Å². The molecule has 2 heterocycles. The molecule has 0 aromatic carbocycles. The second-order valence-corrected chi connectivity index (χ2v) is 7.26. The zero-order valence-electron chi connectivity index (χ0n) is 9.07. The molecule has 4 heteroatoms. The lowest BCUT2D eigenvalue weighted by molar-refractivity contribution is 0.564. The van der Waals surface area contributed by atoms with E-state index in [4.69, 9.17) is 0 Å². The molecule has 86 valence electrons. The molecule has 1 nitrogen and oxygen atoms in total. The number of halogens is 1. The minimum atomic E-state index is 0.532. The number of nitrogens with one attached hydrogen (secondary N) is 1. The average Bonchev–Trinajstić information content (AvgIpc) is 2.89. The molecule has 0 aliphatic heterocycles. The van der Waals surface area contributed by atoms with Crippen molar-refractivity contribution in [1.29, 1.82) is 0 Å². The summed E-state index contributed by atoms with van der Waals surface area (Å²) < 4.78 is 1.22. The highest BCUT2D eigenvalue weighted by molar-refractivity contribution is 9.11. The van der Waals surface area contributed by atoms with E-state index < -0.39 is 0 Å².